The van der Waals surface area contributed by atoms with Crippen molar-refractivity contribution in [3.05, 3.63) is 28.8 Å². The highest BCUT2D eigenvalue weighted by Crippen LogP contribution is 2.26. The molecule has 0 heterocycles. The summed E-state index contributed by atoms with van der Waals surface area (Å²) in [5.41, 5.74) is 0.505. The van der Waals surface area contributed by atoms with Gasteiger partial charge in [-0.2, -0.15) is 0 Å². The van der Waals surface area contributed by atoms with Gasteiger partial charge in [0.2, 0.25) is 0 Å². The van der Waals surface area contributed by atoms with Crippen LogP contribution >= 0.6 is 27.5 Å². The Hall–Kier alpha value is -0.590. The Morgan fingerprint density at radius 1 is 1.42 bits per heavy atom. The second-order valence-electron chi connectivity index (χ2n) is 4.03. The quantitative estimate of drug-likeness (QED) is 0.421. The lowest BCUT2D eigenvalue weighted by molar-refractivity contribution is 0.102. The number of halogens is 2. The molecule has 0 aliphatic carbocycles. The number of hydrogen-bond donors (Lipinski definition) is 0. The maximum atomic E-state index is 11.4. The molecule has 1 aromatic carbocycles. The molecule has 4 nitrogen and oxygen atoms in total. The van der Waals surface area contributed by atoms with Crippen LogP contribution < -0.4 is 4.74 Å². The van der Waals surface area contributed by atoms with Gasteiger partial charge in [-0.05, 0) is 24.6 Å². The van der Waals surface area contributed by atoms with E-state index in [1.54, 1.807) is 12.1 Å². The van der Waals surface area contributed by atoms with Crippen LogP contribution in [0.4, 0.5) is 0 Å². The zero-order valence-corrected chi connectivity index (χ0v) is 13.5. The molecule has 0 aliphatic heterocycles. The maximum absolute atomic E-state index is 11.4. The average Bonchev–Trinajstić information content (AvgIpc) is 2.33. The van der Waals surface area contributed by atoms with Crippen LogP contribution in [-0.4, -0.2) is 38.1 Å². The Kier molecular flexibility index (Phi) is 6.29. The molecule has 0 fully saturated rings. The van der Waals surface area contributed by atoms with Crippen LogP contribution in [-0.2, 0) is 9.84 Å². The molecule has 1 aromatic rings. The van der Waals surface area contributed by atoms with Crippen molar-refractivity contribution in [1.82, 2.24) is 0 Å². The Morgan fingerprint density at radius 2 is 2.11 bits per heavy atom. The molecule has 0 bridgehead atoms. The zero-order chi connectivity index (χ0) is 14.5. The summed E-state index contributed by atoms with van der Waals surface area (Å²) in [7, 11) is -2.97. The van der Waals surface area contributed by atoms with Gasteiger partial charge >= 0.3 is 0 Å². The average molecular weight is 370 g/mol. The van der Waals surface area contributed by atoms with Crippen LogP contribution in [0, 0.1) is 0 Å². The fraction of sp³-hybridized carbons (Fsp3) is 0.417. The third kappa shape index (κ3) is 5.93. The van der Waals surface area contributed by atoms with Gasteiger partial charge < -0.3 is 4.74 Å². The number of rotatable bonds is 7. The predicted octanol–water partition coefficient (Wildman–Crippen LogP) is 2.73. The van der Waals surface area contributed by atoms with E-state index in [4.69, 9.17) is 16.3 Å². The molecule has 7 heteroatoms. The second kappa shape index (κ2) is 7.26. The second-order valence-corrected chi connectivity index (χ2v) is 7.26. The molecule has 0 radical (unpaired) electrons. The van der Waals surface area contributed by atoms with E-state index in [1.165, 1.54) is 12.3 Å². The fourth-order valence-corrected chi connectivity index (χ4v) is 2.57. The number of Topliss-reactive ketones (excluding diaryl/α,β-unsaturated/α-hetero) is 1. The summed E-state index contributed by atoms with van der Waals surface area (Å²) in [5.74, 6) is 0.455. The highest BCUT2D eigenvalue weighted by molar-refractivity contribution is 9.09. The molecular formula is C12H14BrClO4S. The monoisotopic (exact) mass is 368 g/mol. The van der Waals surface area contributed by atoms with Gasteiger partial charge in [-0.3, -0.25) is 4.79 Å². The van der Waals surface area contributed by atoms with Gasteiger partial charge in [0.25, 0.3) is 0 Å². The minimum atomic E-state index is -2.97. The predicted molar refractivity (Wildman–Crippen MR) is 79.4 cm³/mol. The molecule has 0 saturated heterocycles. The summed E-state index contributed by atoms with van der Waals surface area (Å²) < 4.78 is 27.3. The summed E-state index contributed by atoms with van der Waals surface area (Å²) in [4.78, 5) is 11.4. The number of benzene rings is 1. The number of carbonyl (C=O) groups excluding carboxylic acids is 1. The highest BCUT2D eigenvalue weighted by atomic mass is 79.9. The van der Waals surface area contributed by atoms with Crippen molar-refractivity contribution in [3.8, 4) is 5.75 Å². The number of alkyl halides is 1. The summed E-state index contributed by atoms with van der Waals surface area (Å²) in [6.45, 7) is 0.262. The van der Waals surface area contributed by atoms with Gasteiger partial charge in [0.1, 0.15) is 15.6 Å². The minimum Gasteiger partial charge on any atom is -0.492 e. The van der Waals surface area contributed by atoms with Gasteiger partial charge in [-0.1, -0.05) is 27.5 Å². The van der Waals surface area contributed by atoms with Gasteiger partial charge in [0.15, 0.2) is 5.78 Å². The number of carbonyl (C=O) groups is 1. The third-order valence-electron chi connectivity index (χ3n) is 2.29. The van der Waals surface area contributed by atoms with Crippen LogP contribution in [0.2, 0.25) is 5.02 Å². The first-order chi connectivity index (χ1) is 8.83. The normalized spacial score (nSPS) is 11.3. The Bertz CT molecular complexity index is 557. The first-order valence-corrected chi connectivity index (χ1v) is 9.08. The SMILES string of the molecule is CS(=O)(=O)CCCOc1ccc(C(=O)CBr)cc1Cl. The number of hydrogen-bond acceptors (Lipinski definition) is 4. The van der Waals surface area contributed by atoms with Crippen LogP contribution in [0.3, 0.4) is 0 Å². The van der Waals surface area contributed by atoms with Crippen LogP contribution in [0.1, 0.15) is 16.8 Å². The van der Waals surface area contributed by atoms with E-state index in [0.717, 1.165) is 0 Å². The first-order valence-electron chi connectivity index (χ1n) is 5.53. The van der Waals surface area contributed by atoms with Crippen LogP contribution in [0.25, 0.3) is 0 Å². The molecule has 0 aliphatic rings. The van der Waals surface area contributed by atoms with Crippen LogP contribution in [0.15, 0.2) is 18.2 Å². The molecule has 0 amide bonds. The summed E-state index contributed by atoms with van der Waals surface area (Å²) in [6.07, 6.45) is 1.58. The minimum absolute atomic E-state index is 0.0643. The number of ether oxygens (including phenoxy) is 1. The number of sulfone groups is 1. The Morgan fingerprint density at radius 3 is 2.63 bits per heavy atom. The molecule has 0 unspecified atom stereocenters. The van der Waals surface area contributed by atoms with E-state index in [-0.39, 0.29) is 23.5 Å². The van der Waals surface area contributed by atoms with Crippen molar-refractivity contribution in [1.29, 1.82) is 0 Å². The Balaban J connectivity index is 2.58. The molecule has 0 aromatic heterocycles. The molecule has 1 rings (SSSR count). The fourth-order valence-electron chi connectivity index (χ4n) is 1.37. The van der Waals surface area contributed by atoms with E-state index < -0.39 is 9.84 Å². The number of ketones is 1. The van der Waals surface area contributed by atoms with Crippen molar-refractivity contribution in [3.63, 3.8) is 0 Å². The summed E-state index contributed by atoms with van der Waals surface area (Å²) >= 11 is 9.07. The molecular weight excluding hydrogens is 356 g/mol. The van der Waals surface area contributed by atoms with Crippen molar-refractivity contribution in [2.75, 3.05) is 23.9 Å². The summed E-state index contributed by atoms with van der Waals surface area (Å²) in [6, 6.07) is 4.77. The lowest BCUT2D eigenvalue weighted by Crippen LogP contribution is -2.08. The maximum Gasteiger partial charge on any atom is 0.173 e. The highest BCUT2D eigenvalue weighted by Gasteiger charge is 2.09. The van der Waals surface area contributed by atoms with Gasteiger partial charge in [-0.25, -0.2) is 8.42 Å². The van der Waals surface area contributed by atoms with E-state index >= 15 is 0 Å². The van der Waals surface area contributed by atoms with Gasteiger partial charge in [0, 0.05) is 11.8 Å². The Labute approximate surface area is 126 Å². The molecule has 19 heavy (non-hydrogen) atoms. The van der Waals surface area contributed by atoms with E-state index in [1.807, 2.05) is 0 Å². The van der Waals surface area contributed by atoms with Gasteiger partial charge in [-0.15, -0.1) is 0 Å². The lowest BCUT2D eigenvalue weighted by Gasteiger charge is -2.08. The van der Waals surface area contributed by atoms with E-state index in [9.17, 15) is 13.2 Å². The van der Waals surface area contributed by atoms with Crippen molar-refractivity contribution < 1.29 is 17.9 Å². The van der Waals surface area contributed by atoms with Crippen molar-refractivity contribution in [2.45, 2.75) is 6.42 Å². The molecule has 0 N–H and O–H groups in total. The summed E-state index contributed by atoms with van der Waals surface area (Å²) in [5, 5.41) is 0.573. The smallest absolute Gasteiger partial charge is 0.173 e. The third-order valence-corrected chi connectivity index (χ3v) is 4.13. The van der Waals surface area contributed by atoms with E-state index in [0.29, 0.717) is 22.8 Å². The van der Waals surface area contributed by atoms with Crippen molar-refractivity contribution >= 4 is 43.2 Å². The first kappa shape index (κ1) is 16.5. The van der Waals surface area contributed by atoms with Crippen LogP contribution in [0.5, 0.6) is 5.75 Å². The zero-order valence-electron chi connectivity index (χ0n) is 10.4. The standard InChI is InChI=1S/C12H14BrClO4S/c1-19(16,17)6-2-5-18-12-4-3-9(7-10(12)14)11(15)8-13/h3-4,7H,2,5-6,8H2,1H3. The largest absolute Gasteiger partial charge is 0.492 e. The lowest BCUT2D eigenvalue weighted by atomic mass is 10.1. The molecule has 106 valence electrons. The molecule has 0 saturated carbocycles. The van der Waals surface area contributed by atoms with Crippen molar-refractivity contribution in [2.24, 2.45) is 0 Å². The molecule has 0 atom stereocenters. The van der Waals surface area contributed by atoms with E-state index in [2.05, 4.69) is 15.9 Å². The topological polar surface area (TPSA) is 60.4 Å². The van der Waals surface area contributed by atoms with Gasteiger partial charge in [0.05, 0.1) is 22.7 Å². The molecule has 0 spiro atoms.